The summed E-state index contributed by atoms with van der Waals surface area (Å²) in [5, 5.41) is 2.75. The summed E-state index contributed by atoms with van der Waals surface area (Å²) in [6.45, 7) is 9.48. The van der Waals surface area contributed by atoms with Crippen molar-refractivity contribution in [1.82, 2.24) is 0 Å². The highest BCUT2D eigenvalue weighted by Gasteiger charge is 2.17. The second kappa shape index (κ2) is 5.08. The topological polar surface area (TPSA) is 38.3 Å². The Morgan fingerprint density at radius 3 is 2.35 bits per heavy atom. The SMILES string of the molecule is Cc1c(Br)ccc(NC(=O)OC(C)(C)C)c1C. The molecule has 0 aliphatic carbocycles. The fraction of sp³-hybridized carbons (Fsp3) is 0.462. The van der Waals surface area contributed by atoms with Gasteiger partial charge in [-0.1, -0.05) is 15.9 Å². The van der Waals surface area contributed by atoms with Gasteiger partial charge in [0.25, 0.3) is 0 Å². The largest absolute Gasteiger partial charge is 0.444 e. The highest BCUT2D eigenvalue weighted by Crippen LogP contribution is 2.26. The fourth-order valence-electron chi connectivity index (χ4n) is 1.34. The van der Waals surface area contributed by atoms with Crippen LogP contribution < -0.4 is 5.32 Å². The van der Waals surface area contributed by atoms with E-state index in [0.717, 1.165) is 21.3 Å². The first kappa shape index (κ1) is 14.0. The van der Waals surface area contributed by atoms with Crippen molar-refractivity contribution in [2.45, 2.75) is 40.2 Å². The van der Waals surface area contributed by atoms with E-state index in [1.807, 2.05) is 46.8 Å². The average molecular weight is 300 g/mol. The van der Waals surface area contributed by atoms with Crippen molar-refractivity contribution < 1.29 is 9.53 Å². The minimum atomic E-state index is -0.484. The minimum absolute atomic E-state index is 0.428. The summed E-state index contributed by atoms with van der Waals surface area (Å²) < 4.78 is 6.24. The molecule has 0 atom stereocenters. The molecule has 0 saturated carbocycles. The van der Waals surface area contributed by atoms with Crippen LogP contribution in [0.5, 0.6) is 0 Å². The van der Waals surface area contributed by atoms with Crippen LogP contribution in [0.4, 0.5) is 10.5 Å². The van der Waals surface area contributed by atoms with Gasteiger partial charge in [0.05, 0.1) is 0 Å². The van der Waals surface area contributed by atoms with Gasteiger partial charge in [-0.25, -0.2) is 4.79 Å². The molecule has 1 rings (SSSR count). The smallest absolute Gasteiger partial charge is 0.412 e. The third kappa shape index (κ3) is 4.04. The fourth-order valence-corrected chi connectivity index (χ4v) is 1.77. The van der Waals surface area contributed by atoms with Crippen molar-refractivity contribution in [2.24, 2.45) is 0 Å². The predicted octanol–water partition coefficient (Wildman–Crippen LogP) is 4.41. The van der Waals surface area contributed by atoms with Crippen molar-refractivity contribution >= 4 is 27.7 Å². The van der Waals surface area contributed by atoms with E-state index in [4.69, 9.17) is 4.74 Å². The molecule has 0 saturated heterocycles. The molecule has 1 amide bonds. The van der Waals surface area contributed by atoms with Gasteiger partial charge < -0.3 is 4.74 Å². The van der Waals surface area contributed by atoms with Crippen molar-refractivity contribution in [1.29, 1.82) is 0 Å². The van der Waals surface area contributed by atoms with Crippen LogP contribution in [0.25, 0.3) is 0 Å². The van der Waals surface area contributed by atoms with Crippen LogP contribution in [-0.2, 0) is 4.74 Å². The number of benzene rings is 1. The Morgan fingerprint density at radius 2 is 1.82 bits per heavy atom. The summed E-state index contributed by atoms with van der Waals surface area (Å²) in [4.78, 5) is 11.6. The number of amides is 1. The quantitative estimate of drug-likeness (QED) is 0.834. The molecular weight excluding hydrogens is 282 g/mol. The molecule has 0 spiro atoms. The van der Waals surface area contributed by atoms with Gasteiger partial charge in [-0.05, 0) is 57.9 Å². The van der Waals surface area contributed by atoms with Crippen LogP contribution in [0.2, 0.25) is 0 Å². The molecule has 0 aliphatic rings. The molecule has 0 heterocycles. The minimum Gasteiger partial charge on any atom is -0.444 e. The van der Waals surface area contributed by atoms with Gasteiger partial charge in [-0.3, -0.25) is 5.32 Å². The maximum absolute atomic E-state index is 11.6. The zero-order chi connectivity index (χ0) is 13.2. The molecule has 1 aromatic carbocycles. The monoisotopic (exact) mass is 299 g/mol. The first-order chi connectivity index (χ1) is 7.70. The Hall–Kier alpha value is -1.03. The Morgan fingerprint density at radius 1 is 1.24 bits per heavy atom. The number of hydrogen-bond acceptors (Lipinski definition) is 2. The van der Waals surface area contributed by atoms with E-state index in [-0.39, 0.29) is 0 Å². The Bertz CT molecular complexity index is 436. The Balaban J connectivity index is 2.83. The Labute approximate surface area is 111 Å². The van der Waals surface area contributed by atoms with E-state index in [0.29, 0.717) is 0 Å². The van der Waals surface area contributed by atoms with E-state index >= 15 is 0 Å². The molecule has 0 unspecified atom stereocenters. The number of carbonyl (C=O) groups is 1. The van der Waals surface area contributed by atoms with Gasteiger partial charge in [0, 0.05) is 10.2 Å². The lowest BCUT2D eigenvalue weighted by Gasteiger charge is -2.20. The van der Waals surface area contributed by atoms with E-state index in [9.17, 15) is 4.79 Å². The number of ether oxygens (including phenoxy) is 1. The molecule has 0 aliphatic heterocycles. The second-order valence-corrected chi connectivity index (χ2v) is 5.83. The highest BCUT2D eigenvalue weighted by atomic mass is 79.9. The van der Waals surface area contributed by atoms with Crippen molar-refractivity contribution in [3.05, 3.63) is 27.7 Å². The third-order valence-corrected chi connectivity index (χ3v) is 3.22. The summed E-state index contributed by atoms with van der Waals surface area (Å²) in [6, 6.07) is 3.77. The van der Waals surface area contributed by atoms with Crippen molar-refractivity contribution in [3.63, 3.8) is 0 Å². The van der Waals surface area contributed by atoms with Crippen LogP contribution in [0, 0.1) is 13.8 Å². The Kier molecular flexibility index (Phi) is 4.20. The van der Waals surface area contributed by atoms with Gasteiger partial charge in [-0.15, -0.1) is 0 Å². The van der Waals surface area contributed by atoms with Crippen LogP contribution in [0.3, 0.4) is 0 Å². The number of hydrogen-bond donors (Lipinski definition) is 1. The predicted molar refractivity (Wildman–Crippen MR) is 73.5 cm³/mol. The van der Waals surface area contributed by atoms with E-state index in [2.05, 4.69) is 21.2 Å². The van der Waals surface area contributed by atoms with Gasteiger partial charge in [0.2, 0.25) is 0 Å². The van der Waals surface area contributed by atoms with Crippen LogP contribution in [-0.4, -0.2) is 11.7 Å². The lowest BCUT2D eigenvalue weighted by atomic mass is 10.1. The zero-order valence-corrected chi connectivity index (χ0v) is 12.4. The number of halogens is 1. The van der Waals surface area contributed by atoms with E-state index in [1.165, 1.54) is 0 Å². The normalized spacial score (nSPS) is 11.2. The standard InChI is InChI=1S/C13H18BrNO2/c1-8-9(2)11(7-6-10(8)14)15-12(16)17-13(3,4)5/h6-7H,1-5H3,(H,15,16). The van der Waals surface area contributed by atoms with Crippen molar-refractivity contribution in [2.75, 3.05) is 5.32 Å². The van der Waals surface area contributed by atoms with Gasteiger partial charge in [0.1, 0.15) is 5.60 Å². The lowest BCUT2D eigenvalue weighted by Crippen LogP contribution is -2.27. The molecule has 0 fully saturated rings. The first-order valence-corrected chi connectivity index (χ1v) is 6.26. The van der Waals surface area contributed by atoms with Crippen molar-refractivity contribution in [3.8, 4) is 0 Å². The molecule has 4 heteroatoms. The molecule has 94 valence electrons. The molecule has 1 N–H and O–H groups in total. The van der Waals surface area contributed by atoms with Gasteiger partial charge in [0.15, 0.2) is 0 Å². The summed E-state index contributed by atoms with van der Waals surface area (Å²) >= 11 is 3.45. The van der Waals surface area contributed by atoms with E-state index < -0.39 is 11.7 Å². The number of nitrogens with one attached hydrogen (secondary N) is 1. The molecule has 0 bridgehead atoms. The first-order valence-electron chi connectivity index (χ1n) is 5.46. The number of rotatable bonds is 1. The van der Waals surface area contributed by atoms with Crippen LogP contribution >= 0.6 is 15.9 Å². The highest BCUT2D eigenvalue weighted by molar-refractivity contribution is 9.10. The van der Waals surface area contributed by atoms with Gasteiger partial charge in [-0.2, -0.15) is 0 Å². The summed E-state index contributed by atoms with van der Waals surface area (Å²) in [6.07, 6.45) is -0.428. The third-order valence-electron chi connectivity index (χ3n) is 2.36. The maximum atomic E-state index is 11.6. The van der Waals surface area contributed by atoms with E-state index in [1.54, 1.807) is 0 Å². The number of carbonyl (C=O) groups excluding carboxylic acids is 1. The molecule has 3 nitrogen and oxygen atoms in total. The molecule has 1 aromatic rings. The molecule has 0 radical (unpaired) electrons. The zero-order valence-electron chi connectivity index (χ0n) is 10.8. The lowest BCUT2D eigenvalue weighted by molar-refractivity contribution is 0.0636. The summed E-state index contributed by atoms with van der Waals surface area (Å²) in [5.74, 6) is 0. The molecule has 0 aromatic heterocycles. The van der Waals surface area contributed by atoms with Gasteiger partial charge >= 0.3 is 6.09 Å². The molecule has 17 heavy (non-hydrogen) atoms. The second-order valence-electron chi connectivity index (χ2n) is 4.97. The van der Waals surface area contributed by atoms with Crippen LogP contribution in [0.1, 0.15) is 31.9 Å². The maximum Gasteiger partial charge on any atom is 0.412 e. The molecular formula is C13H18BrNO2. The number of anilines is 1. The summed E-state index contributed by atoms with van der Waals surface area (Å²) in [7, 11) is 0. The average Bonchev–Trinajstić information content (AvgIpc) is 2.16. The van der Waals surface area contributed by atoms with Crippen LogP contribution in [0.15, 0.2) is 16.6 Å². The summed E-state index contributed by atoms with van der Waals surface area (Å²) in [5.41, 5.74) is 2.44.